The Morgan fingerprint density at radius 3 is 2.39 bits per heavy atom. The lowest BCUT2D eigenvalue weighted by Gasteiger charge is -2.58. The summed E-state index contributed by atoms with van der Waals surface area (Å²) >= 11 is 0. The van der Waals surface area contributed by atoms with Crippen LogP contribution in [0.5, 0.6) is 0 Å². The summed E-state index contributed by atoms with van der Waals surface area (Å²) in [6, 6.07) is 0. The number of carbonyl (C=O) groups is 2. The summed E-state index contributed by atoms with van der Waals surface area (Å²) in [4.78, 5) is 23.9. The van der Waals surface area contributed by atoms with Crippen molar-refractivity contribution >= 4 is 12.1 Å². The summed E-state index contributed by atoms with van der Waals surface area (Å²) in [6.45, 7) is 14.8. The van der Waals surface area contributed by atoms with Gasteiger partial charge in [0, 0.05) is 19.3 Å². The molecule has 0 bridgehead atoms. The van der Waals surface area contributed by atoms with Gasteiger partial charge in [0.1, 0.15) is 12.2 Å². The van der Waals surface area contributed by atoms with Crippen LogP contribution in [-0.4, -0.2) is 29.4 Å². The van der Waals surface area contributed by atoms with E-state index in [1.165, 1.54) is 70.6 Å². The molecular weight excluding hydrogens is 633 g/mol. The number of carboxylic acid groups (broad SMARTS) is 1. The average Bonchev–Trinajstić information content (AvgIpc) is 3.44. The average molecular weight is 711 g/mol. The molecule has 0 saturated heterocycles. The van der Waals surface area contributed by atoms with E-state index in [0.717, 1.165) is 113 Å². The Morgan fingerprint density at radius 2 is 1.63 bits per heavy atom. The molecule has 1 N–H and O–H groups in total. The Morgan fingerprint density at radius 1 is 0.863 bits per heavy atom. The smallest absolute Gasteiger partial charge is 0.481 e. The summed E-state index contributed by atoms with van der Waals surface area (Å²) in [5.74, 6) is 4.31. The zero-order chi connectivity index (χ0) is 36.9. The Labute approximate surface area is 313 Å². The fourth-order valence-corrected chi connectivity index (χ4v) is 11.5. The highest BCUT2D eigenvalue weighted by Crippen LogP contribution is 2.67. The van der Waals surface area contributed by atoms with Gasteiger partial charge in [-0.25, -0.2) is 4.79 Å². The van der Waals surface area contributed by atoms with E-state index >= 15 is 0 Å². The van der Waals surface area contributed by atoms with Crippen LogP contribution in [-0.2, 0) is 14.3 Å². The molecule has 0 amide bonds. The van der Waals surface area contributed by atoms with Crippen molar-refractivity contribution in [3.8, 4) is 0 Å². The molecule has 1 unspecified atom stereocenters. The number of rotatable bonds is 22. The molecule has 5 heteroatoms. The highest BCUT2D eigenvalue weighted by molar-refractivity contribution is 5.66. The second-order valence-electron chi connectivity index (χ2n) is 18.5. The van der Waals surface area contributed by atoms with Gasteiger partial charge >= 0.3 is 12.1 Å². The molecular formula is C46H78O5. The van der Waals surface area contributed by atoms with E-state index in [4.69, 9.17) is 14.6 Å². The molecule has 3 saturated carbocycles. The molecule has 9 atom stereocenters. The predicted molar refractivity (Wildman–Crippen MR) is 211 cm³/mol. The van der Waals surface area contributed by atoms with Crippen LogP contribution in [0, 0.1) is 46.3 Å². The number of hydrogen-bond acceptors (Lipinski definition) is 4. The zero-order valence-corrected chi connectivity index (χ0v) is 33.9. The largest absolute Gasteiger partial charge is 0.508 e. The van der Waals surface area contributed by atoms with Crippen molar-refractivity contribution in [3.63, 3.8) is 0 Å². The highest BCUT2D eigenvalue weighted by atomic mass is 16.7. The highest BCUT2D eigenvalue weighted by Gasteiger charge is 2.59. The van der Waals surface area contributed by atoms with Gasteiger partial charge < -0.3 is 14.6 Å². The summed E-state index contributed by atoms with van der Waals surface area (Å²) in [7, 11) is 0. The normalized spacial score (nSPS) is 31.4. The van der Waals surface area contributed by atoms with Crippen molar-refractivity contribution in [3.05, 3.63) is 23.8 Å². The third kappa shape index (κ3) is 11.9. The van der Waals surface area contributed by atoms with E-state index in [2.05, 4.69) is 59.8 Å². The van der Waals surface area contributed by atoms with Crippen LogP contribution >= 0.6 is 0 Å². The maximum atomic E-state index is 13.2. The van der Waals surface area contributed by atoms with Gasteiger partial charge in [-0.2, -0.15) is 0 Å². The van der Waals surface area contributed by atoms with Crippen LogP contribution in [0.25, 0.3) is 0 Å². The number of allylic oxidation sites excluding steroid dienone is 2. The fraction of sp³-hybridized carbons (Fsp3) is 0.870. The maximum absolute atomic E-state index is 13.2. The molecule has 0 heterocycles. The summed E-state index contributed by atoms with van der Waals surface area (Å²) in [6.07, 6.45) is 33.0. The minimum Gasteiger partial charge on any atom is -0.481 e. The third-order valence-corrected chi connectivity index (χ3v) is 14.5. The van der Waals surface area contributed by atoms with Gasteiger partial charge in [-0.3, -0.25) is 4.79 Å². The molecule has 4 rings (SSSR count). The minimum atomic E-state index is -0.698. The number of carbonyl (C=O) groups excluding carboxylic acids is 1. The van der Waals surface area contributed by atoms with E-state index in [9.17, 15) is 9.59 Å². The van der Waals surface area contributed by atoms with Crippen molar-refractivity contribution in [2.45, 2.75) is 208 Å². The van der Waals surface area contributed by atoms with Gasteiger partial charge in [-0.05, 0) is 123 Å². The van der Waals surface area contributed by atoms with Crippen LogP contribution in [0.15, 0.2) is 23.8 Å². The molecule has 51 heavy (non-hydrogen) atoms. The standard InChI is InChI=1S/C46H78O5/c1-7-8-9-16-22-37(23-17-14-12-10-11-13-15-18-24-43(47)48)50-44(49)51-38-29-31-45(5)36(33-38)25-26-39-41-28-27-40(35(4)21-19-20-34(2)3)46(41,6)32-30-42(39)45/h14,17,25,34-35,37-42H,7-13,15-16,18-24,26-33H2,1-6H3,(H,47,48)/b17-14+/t35-,37?,38+,39+,40-,41+,42+,45+,46-/m1/s1. The second kappa shape index (κ2) is 20.6. The van der Waals surface area contributed by atoms with Gasteiger partial charge in [0.15, 0.2) is 0 Å². The van der Waals surface area contributed by atoms with Crippen molar-refractivity contribution in [1.82, 2.24) is 0 Å². The van der Waals surface area contributed by atoms with Gasteiger partial charge in [0.25, 0.3) is 0 Å². The third-order valence-electron chi connectivity index (χ3n) is 14.5. The quantitative estimate of drug-likeness (QED) is 0.0688. The first kappa shape index (κ1) is 42.0. The molecule has 4 aliphatic rings. The van der Waals surface area contributed by atoms with Crippen LogP contribution in [0.2, 0.25) is 0 Å². The Hall–Kier alpha value is -1.78. The SMILES string of the molecule is CCCCCCC(C/C=C/CCCCCCCC(=O)O)OC(=O)O[C@H]1CC[C@@]2(C)C(=CC[C@H]3[C@@H]4CC[C@H]([C@H](C)CCCC(C)C)[C@@]4(C)CC[C@@H]32)C1. The predicted octanol–water partition coefficient (Wildman–Crippen LogP) is 13.7. The lowest BCUT2D eigenvalue weighted by molar-refractivity contribution is -0.137. The molecule has 0 aromatic carbocycles. The fourth-order valence-electron chi connectivity index (χ4n) is 11.5. The summed E-state index contributed by atoms with van der Waals surface area (Å²) in [5.41, 5.74) is 2.32. The molecule has 292 valence electrons. The molecule has 3 fully saturated rings. The number of fused-ring (bicyclic) bond motifs is 5. The number of aliphatic carboxylic acids is 1. The van der Waals surface area contributed by atoms with E-state index < -0.39 is 12.1 Å². The molecule has 0 aromatic rings. The molecule has 0 spiro atoms. The van der Waals surface area contributed by atoms with Crippen molar-refractivity contribution < 1.29 is 24.2 Å². The van der Waals surface area contributed by atoms with Crippen molar-refractivity contribution in [2.24, 2.45) is 46.3 Å². The molecule has 0 radical (unpaired) electrons. The first-order valence-electron chi connectivity index (χ1n) is 21.9. The second-order valence-corrected chi connectivity index (χ2v) is 18.5. The topological polar surface area (TPSA) is 72.8 Å². The first-order chi connectivity index (χ1) is 24.5. The summed E-state index contributed by atoms with van der Waals surface area (Å²) in [5, 5.41) is 8.78. The number of unbranched alkanes of at least 4 members (excludes halogenated alkanes) is 8. The van der Waals surface area contributed by atoms with Gasteiger partial charge in [0.05, 0.1) is 0 Å². The Balaban J connectivity index is 1.25. The van der Waals surface area contributed by atoms with Crippen molar-refractivity contribution in [1.29, 1.82) is 0 Å². The number of ether oxygens (including phenoxy) is 2. The lowest BCUT2D eigenvalue weighted by Crippen LogP contribution is -2.51. The monoisotopic (exact) mass is 711 g/mol. The first-order valence-corrected chi connectivity index (χ1v) is 21.9. The van der Waals surface area contributed by atoms with E-state index in [0.29, 0.717) is 5.41 Å². The number of hydrogen-bond donors (Lipinski definition) is 1. The molecule has 4 aliphatic carbocycles. The molecule has 0 aromatic heterocycles. The van der Waals surface area contributed by atoms with Crippen molar-refractivity contribution in [2.75, 3.05) is 0 Å². The zero-order valence-electron chi connectivity index (χ0n) is 33.9. The lowest BCUT2D eigenvalue weighted by atomic mass is 9.47. The van der Waals surface area contributed by atoms with Gasteiger partial charge in [0.2, 0.25) is 0 Å². The van der Waals surface area contributed by atoms with Crippen LogP contribution in [0.3, 0.4) is 0 Å². The van der Waals surface area contributed by atoms with Crippen LogP contribution in [0.4, 0.5) is 4.79 Å². The number of carboxylic acids is 1. The Kier molecular flexibility index (Phi) is 17.0. The molecule has 0 aliphatic heterocycles. The van der Waals surface area contributed by atoms with Gasteiger partial charge in [-0.15, -0.1) is 0 Å². The van der Waals surface area contributed by atoms with E-state index in [1.807, 2.05) is 0 Å². The van der Waals surface area contributed by atoms with Crippen LogP contribution < -0.4 is 0 Å². The molecule has 5 nitrogen and oxygen atoms in total. The van der Waals surface area contributed by atoms with Gasteiger partial charge in [-0.1, -0.05) is 123 Å². The minimum absolute atomic E-state index is 0.0726. The Bertz CT molecular complexity index is 1120. The van der Waals surface area contributed by atoms with E-state index in [-0.39, 0.29) is 24.0 Å². The summed E-state index contributed by atoms with van der Waals surface area (Å²) < 4.78 is 12.1. The maximum Gasteiger partial charge on any atom is 0.508 e. The van der Waals surface area contributed by atoms with Crippen LogP contribution in [0.1, 0.15) is 196 Å². The van der Waals surface area contributed by atoms with E-state index in [1.54, 1.807) is 5.57 Å².